The molecular formula is C20H28ClN3O. The molecule has 1 saturated heterocycles. The van der Waals surface area contributed by atoms with Gasteiger partial charge in [0.1, 0.15) is 0 Å². The average Bonchev–Trinajstić information content (AvgIpc) is 3.04. The lowest BCUT2D eigenvalue weighted by molar-refractivity contribution is 0.184. The molecule has 0 radical (unpaired) electrons. The molecule has 0 spiro atoms. The zero-order chi connectivity index (χ0) is 17.2. The lowest BCUT2D eigenvalue weighted by Gasteiger charge is -2.33. The van der Waals surface area contributed by atoms with Gasteiger partial charge in [-0.3, -0.25) is 0 Å². The summed E-state index contributed by atoms with van der Waals surface area (Å²) >= 11 is 6.04. The fraction of sp³-hybridized carbons (Fsp3) is 0.650. The van der Waals surface area contributed by atoms with Crippen molar-refractivity contribution in [3.8, 4) is 0 Å². The van der Waals surface area contributed by atoms with E-state index in [0.717, 1.165) is 22.6 Å². The highest BCUT2D eigenvalue weighted by atomic mass is 35.5. The lowest BCUT2D eigenvalue weighted by atomic mass is 9.84. The van der Waals surface area contributed by atoms with Crippen LogP contribution in [-0.2, 0) is 0 Å². The van der Waals surface area contributed by atoms with Crippen molar-refractivity contribution in [1.29, 1.82) is 0 Å². The smallest absolute Gasteiger partial charge is 0.168 e. The fourth-order valence-electron chi connectivity index (χ4n) is 4.50. The number of likely N-dealkylation sites (tertiary alicyclic amines) is 1. The van der Waals surface area contributed by atoms with Gasteiger partial charge in [-0.25, -0.2) is 0 Å². The van der Waals surface area contributed by atoms with Crippen LogP contribution in [0, 0.1) is 5.92 Å². The third kappa shape index (κ3) is 4.02. The van der Waals surface area contributed by atoms with Crippen molar-refractivity contribution < 1.29 is 4.52 Å². The first-order chi connectivity index (χ1) is 12.2. The number of halogens is 1. The third-order valence-electron chi connectivity index (χ3n) is 6.18. The second kappa shape index (κ2) is 7.65. The Morgan fingerprint density at radius 3 is 2.64 bits per heavy atom. The molecule has 1 aromatic carbocycles. The maximum atomic E-state index is 6.04. The SMILES string of the molecule is NC1CCC(CCN2CCC(c3noc4cc(Cl)ccc34)CC2)CC1. The van der Waals surface area contributed by atoms with E-state index in [4.69, 9.17) is 21.9 Å². The summed E-state index contributed by atoms with van der Waals surface area (Å²) in [5, 5.41) is 6.18. The summed E-state index contributed by atoms with van der Waals surface area (Å²) in [5.41, 5.74) is 7.94. The molecule has 0 unspecified atom stereocenters. The van der Waals surface area contributed by atoms with Crippen LogP contribution in [0.15, 0.2) is 22.7 Å². The minimum atomic E-state index is 0.458. The number of benzene rings is 1. The van der Waals surface area contributed by atoms with Crippen LogP contribution in [0.1, 0.15) is 56.6 Å². The molecule has 1 aliphatic carbocycles. The normalized spacial score (nSPS) is 26.3. The maximum Gasteiger partial charge on any atom is 0.168 e. The zero-order valence-electron chi connectivity index (χ0n) is 14.8. The van der Waals surface area contributed by atoms with Crippen molar-refractivity contribution in [1.82, 2.24) is 10.1 Å². The van der Waals surface area contributed by atoms with Gasteiger partial charge in [0.2, 0.25) is 0 Å². The Hall–Kier alpha value is -1.10. The van der Waals surface area contributed by atoms with E-state index in [9.17, 15) is 0 Å². The van der Waals surface area contributed by atoms with E-state index in [1.807, 2.05) is 18.2 Å². The first-order valence-corrected chi connectivity index (χ1v) is 10.1. The molecule has 1 aromatic heterocycles. The van der Waals surface area contributed by atoms with E-state index in [0.29, 0.717) is 17.0 Å². The minimum Gasteiger partial charge on any atom is -0.356 e. The van der Waals surface area contributed by atoms with Gasteiger partial charge in [0.25, 0.3) is 0 Å². The summed E-state index contributed by atoms with van der Waals surface area (Å²) in [4.78, 5) is 2.63. The summed E-state index contributed by atoms with van der Waals surface area (Å²) < 4.78 is 5.49. The maximum absolute atomic E-state index is 6.04. The van der Waals surface area contributed by atoms with Crippen LogP contribution in [0.25, 0.3) is 11.0 Å². The van der Waals surface area contributed by atoms with E-state index in [1.165, 1.54) is 64.6 Å². The minimum absolute atomic E-state index is 0.458. The number of nitrogens with zero attached hydrogens (tertiary/aromatic N) is 2. The van der Waals surface area contributed by atoms with Crippen molar-refractivity contribution >= 4 is 22.6 Å². The van der Waals surface area contributed by atoms with Crippen molar-refractivity contribution in [2.75, 3.05) is 19.6 Å². The predicted octanol–water partition coefficient (Wildman–Crippen LogP) is 4.57. The first kappa shape index (κ1) is 17.3. The topological polar surface area (TPSA) is 55.3 Å². The van der Waals surface area contributed by atoms with E-state index < -0.39 is 0 Å². The third-order valence-corrected chi connectivity index (χ3v) is 6.42. The summed E-state index contributed by atoms with van der Waals surface area (Å²) in [6, 6.07) is 6.29. The molecule has 1 saturated carbocycles. The first-order valence-electron chi connectivity index (χ1n) is 9.72. The van der Waals surface area contributed by atoms with E-state index in [2.05, 4.69) is 10.1 Å². The molecule has 25 heavy (non-hydrogen) atoms. The molecule has 2 heterocycles. The molecule has 0 amide bonds. The molecule has 2 fully saturated rings. The Morgan fingerprint density at radius 2 is 1.88 bits per heavy atom. The molecule has 4 rings (SSSR count). The van der Waals surface area contributed by atoms with Gasteiger partial charge in [-0.2, -0.15) is 0 Å². The number of piperidine rings is 1. The van der Waals surface area contributed by atoms with Crippen molar-refractivity contribution in [2.45, 2.75) is 56.9 Å². The predicted molar refractivity (Wildman–Crippen MR) is 102 cm³/mol. The molecule has 5 heteroatoms. The highest BCUT2D eigenvalue weighted by Gasteiger charge is 2.26. The molecular weight excluding hydrogens is 334 g/mol. The van der Waals surface area contributed by atoms with Crippen LogP contribution < -0.4 is 5.73 Å². The zero-order valence-corrected chi connectivity index (χ0v) is 15.5. The molecule has 0 atom stereocenters. The Kier molecular flexibility index (Phi) is 5.30. The second-order valence-corrected chi connectivity index (χ2v) is 8.33. The van der Waals surface area contributed by atoms with E-state index >= 15 is 0 Å². The Bertz CT molecular complexity index is 700. The van der Waals surface area contributed by atoms with Gasteiger partial charge in [-0.15, -0.1) is 0 Å². The van der Waals surface area contributed by atoms with Gasteiger partial charge in [0, 0.05) is 28.4 Å². The van der Waals surface area contributed by atoms with Crippen LogP contribution in [0.5, 0.6) is 0 Å². The average molecular weight is 362 g/mol. The molecule has 2 aromatic rings. The molecule has 4 nitrogen and oxygen atoms in total. The van der Waals surface area contributed by atoms with Gasteiger partial charge in [-0.05, 0) is 82.6 Å². The quantitative estimate of drug-likeness (QED) is 0.866. The summed E-state index contributed by atoms with van der Waals surface area (Å²) in [5.74, 6) is 1.40. The van der Waals surface area contributed by atoms with Gasteiger partial charge in [0.15, 0.2) is 5.58 Å². The van der Waals surface area contributed by atoms with E-state index in [1.54, 1.807) is 0 Å². The van der Waals surface area contributed by atoms with Crippen LogP contribution in [0.2, 0.25) is 5.02 Å². The van der Waals surface area contributed by atoms with E-state index in [-0.39, 0.29) is 0 Å². The Morgan fingerprint density at radius 1 is 1.12 bits per heavy atom. The molecule has 0 bridgehead atoms. The van der Waals surface area contributed by atoms with Crippen molar-refractivity contribution in [2.24, 2.45) is 11.7 Å². The number of aromatic nitrogens is 1. The van der Waals surface area contributed by atoms with Gasteiger partial charge in [0.05, 0.1) is 5.69 Å². The van der Waals surface area contributed by atoms with Crippen LogP contribution >= 0.6 is 11.6 Å². The van der Waals surface area contributed by atoms with Crippen molar-refractivity contribution in [3.05, 3.63) is 28.9 Å². The fourth-order valence-corrected chi connectivity index (χ4v) is 4.66. The highest BCUT2D eigenvalue weighted by molar-refractivity contribution is 6.31. The number of hydrogen-bond donors (Lipinski definition) is 1. The monoisotopic (exact) mass is 361 g/mol. The summed E-state index contributed by atoms with van der Waals surface area (Å²) in [6.45, 7) is 3.57. The Balaban J connectivity index is 1.29. The van der Waals surface area contributed by atoms with Crippen LogP contribution in [-0.4, -0.2) is 35.7 Å². The van der Waals surface area contributed by atoms with Gasteiger partial charge >= 0.3 is 0 Å². The Labute approximate surface area is 154 Å². The summed E-state index contributed by atoms with van der Waals surface area (Å²) in [6.07, 6.45) is 8.75. The van der Waals surface area contributed by atoms with Gasteiger partial charge < -0.3 is 15.2 Å². The van der Waals surface area contributed by atoms with Gasteiger partial charge in [-0.1, -0.05) is 16.8 Å². The number of nitrogens with two attached hydrogens (primary N) is 1. The van der Waals surface area contributed by atoms with Crippen LogP contribution in [0.3, 0.4) is 0 Å². The summed E-state index contributed by atoms with van der Waals surface area (Å²) in [7, 11) is 0. The standard InChI is InChI=1S/C20H28ClN3O/c21-16-3-6-18-19(13-16)25-23-20(18)15-8-11-24(12-9-15)10-7-14-1-4-17(22)5-2-14/h3,6,13-15,17H,1-2,4-5,7-12,22H2. The lowest BCUT2D eigenvalue weighted by Crippen LogP contribution is -2.35. The highest BCUT2D eigenvalue weighted by Crippen LogP contribution is 2.34. The molecule has 136 valence electrons. The number of rotatable bonds is 4. The van der Waals surface area contributed by atoms with Crippen LogP contribution in [0.4, 0.5) is 0 Å². The second-order valence-electron chi connectivity index (χ2n) is 7.89. The largest absolute Gasteiger partial charge is 0.356 e. The van der Waals surface area contributed by atoms with Crippen molar-refractivity contribution in [3.63, 3.8) is 0 Å². The molecule has 2 aliphatic rings. The molecule has 1 aliphatic heterocycles. The number of fused-ring (bicyclic) bond motifs is 1. The number of hydrogen-bond acceptors (Lipinski definition) is 4. The molecule has 2 N–H and O–H groups in total.